The van der Waals surface area contributed by atoms with Crippen LogP contribution in [0.3, 0.4) is 0 Å². The second-order valence-corrected chi connectivity index (χ2v) is 4.08. The zero-order valence-electron chi connectivity index (χ0n) is 7.57. The maximum atomic E-state index is 9.61. The minimum absolute atomic E-state index is 0.223. The molecule has 0 spiro atoms. The molecule has 0 saturated carbocycles. The minimum Gasteiger partial charge on any atom is -0.389 e. The van der Waals surface area contributed by atoms with Gasteiger partial charge in [-0.1, -0.05) is 32.6 Å². The summed E-state index contributed by atoms with van der Waals surface area (Å²) in [5, 5.41) is 9.83. The Morgan fingerprint density at radius 1 is 1.50 bits per heavy atom. The summed E-state index contributed by atoms with van der Waals surface area (Å²) < 4.78 is 0. The van der Waals surface area contributed by atoms with Crippen LogP contribution in [0, 0.1) is 11.8 Å². The quantitative estimate of drug-likeness (QED) is 0.598. The van der Waals surface area contributed by atoms with Crippen LogP contribution in [0.1, 0.15) is 13.8 Å². The number of rotatable bonds is 1. The lowest BCUT2D eigenvalue weighted by Crippen LogP contribution is -2.33. The van der Waals surface area contributed by atoms with Gasteiger partial charge in [0.25, 0.3) is 0 Å². The molecule has 0 heterocycles. The van der Waals surface area contributed by atoms with Gasteiger partial charge < -0.3 is 5.11 Å². The van der Waals surface area contributed by atoms with E-state index >= 15 is 0 Å². The van der Waals surface area contributed by atoms with Crippen LogP contribution < -0.4 is 0 Å². The fraction of sp³-hybridized carbons (Fsp3) is 0.600. The molecule has 1 nitrogen and oxygen atoms in total. The minimum atomic E-state index is -0.337. The number of hydrogen-bond acceptors (Lipinski definition) is 2. The Morgan fingerprint density at radius 2 is 2.08 bits per heavy atom. The zero-order chi connectivity index (χ0) is 9.30. The van der Waals surface area contributed by atoms with Crippen LogP contribution in [0.15, 0.2) is 24.3 Å². The highest BCUT2D eigenvalue weighted by atomic mass is 32.1. The van der Waals surface area contributed by atoms with Crippen LogP contribution in [-0.2, 0) is 0 Å². The lowest BCUT2D eigenvalue weighted by Gasteiger charge is -2.33. The van der Waals surface area contributed by atoms with Crippen LogP contribution >= 0.6 is 12.6 Å². The highest BCUT2D eigenvalue weighted by Crippen LogP contribution is 2.33. The molecule has 2 heteroatoms. The van der Waals surface area contributed by atoms with Gasteiger partial charge in [-0.25, -0.2) is 0 Å². The third-order valence-corrected chi connectivity index (χ3v) is 3.57. The first kappa shape index (κ1) is 9.87. The number of thiol groups is 1. The monoisotopic (exact) mass is 184 g/mol. The number of hydrogen-bond donors (Lipinski definition) is 2. The van der Waals surface area contributed by atoms with E-state index in [0.29, 0.717) is 5.92 Å². The van der Waals surface area contributed by atoms with Crippen molar-refractivity contribution in [3.05, 3.63) is 24.3 Å². The Balaban J connectivity index is 2.91. The summed E-state index contributed by atoms with van der Waals surface area (Å²) in [6, 6.07) is 0. The Kier molecular flexibility index (Phi) is 3.02. The number of allylic oxidation sites excluding steroid dienone is 1. The van der Waals surface area contributed by atoms with Crippen molar-refractivity contribution in [2.24, 2.45) is 11.8 Å². The highest BCUT2D eigenvalue weighted by molar-refractivity contribution is 7.81. The van der Waals surface area contributed by atoms with E-state index in [-0.39, 0.29) is 17.3 Å². The molecule has 4 unspecified atom stereocenters. The standard InChI is InChI=1S/C10H16OS/c1-4-8-5-9(11)6(2)7(3)10(8)12/h4-7,9-12H,1H2,2-3H3. The number of aliphatic hydroxyl groups is 1. The molecule has 1 aliphatic rings. The van der Waals surface area contributed by atoms with E-state index in [1.54, 1.807) is 6.08 Å². The maximum absolute atomic E-state index is 9.61. The molecule has 0 saturated heterocycles. The van der Waals surface area contributed by atoms with Crippen LogP contribution in [0.4, 0.5) is 0 Å². The highest BCUT2D eigenvalue weighted by Gasteiger charge is 2.30. The SMILES string of the molecule is C=CC1=CC(O)C(C)C(C)C1S. The van der Waals surface area contributed by atoms with Gasteiger partial charge in [0.05, 0.1) is 6.10 Å². The molecule has 0 radical (unpaired) electrons. The van der Waals surface area contributed by atoms with Crippen molar-refractivity contribution in [1.82, 2.24) is 0 Å². The van der Waals surface area contributed by atoms with Crippen molar-refractivity contribution in [1.29, 1.82) is 0 Å². The van der Waals surface area contributed by atoms with E-state index in [1.165, 1.54) is 0 Å². The van der Waals surface area contributed by atoms with Gasteiger partial charge in [0.2, 0.25) is 0 Å². The summed E-state index contributed by atoms with van der Waals surface area (Å²) >= 11 is 4.48. The fourth-order valence-corrected chi connectivity index (χ4v) is 2.00. The van der Waals surface area contributed by atoms with Gasteiger partial charge in [-0.15, -0.1) is 0 Å². The Morgan fingerprint density at radius 3 is 2.58 bits per heavy atom. The van der Waals surface area contributed by atoms with Crippen LogP contribution in [0.2, 0.25) is 0 Å². The summed E-state index contributed by atoms with van der Waals surface area (Å²) in [6.07, 6.45) is 3.30. The first-order valence-electron chi connectivity index (χ1n) is 4.28. The average Bonchev–Trinajstić information content (AvgIpc) is 2.08. The van der Waals surface area contributed by atoms with Gasteiger partial charge in [0.1, 0.15) is 0 Å². The lowest BCUT2D eigenvalue weighted by atomic mass is 9.79. The maximum Gasteiger partial charge on any atom is 0.0755 e. The van der Waals surface area contributed by atoms with E-state index in [1.807, 2.05) is 6.08 Å². The van der Waals surface area contributed by atoms with Gasteiger partial charge in [0.15, 0.2) is 0 Å². The molecular weight excluding hydrogens is 168 g/mol. The summed E-state index contributed by atoms with van der Waals surface area (Å²) in [5.74, 6) is 0.692. The normalized spacial score (nSPS) is 42.2. The van der Waals surface area contributed by atoms with Crippen molar-refractivity contribution in [3.63, 3.8) is 0 Å². The fourth-order valence-electron chi connectivity index (χ4n) is 1.54. The van der Waals surface area contributed by atoms with Crippen LogP contribution in [0.25, 0.3) is 0 Å². The van der Waals surface area contributed by atoms with Crippen LogP contribution in [-0.4, -0.2) is 16.5 Å². The topological polar surface area (TPSA) is 20.2 Å². The van der Waals surface area contributed by atoms with E-state index in [0.717, 1.165) is 5.57 Å². The molecule has 0 aromatic carbocycles. The molecule has 0 bridgehead atoms. The Hall–Kier alpha value is -0.210. The molecule has 1 aliphatic carbocycles. The third-order valence-electron chi connectivity index (χ3n) is 2.81. The van der Waals surface area contributed by atoms with Crippen LogP contribution in [0.5, 0.6) is 0 Å². The number of aliphatic hydroxyl groups excluding tert-OH is 1. The predicted octanol–water partition coefficient (Wildman–Crippen LogP) is 2.04. The largest absolute Gasteiger partial charge is 0.389 e. The molecule has 1 N–H and O–H groups in total. The van der Waals surface area contributed by atoms with E-state index in [9.17, 15) is 5.11 Å². The molecule has 0 amide bonds. The molecule has 1 rings (SSSR count). The van der Waals surface area contributed by atoms with Gasteiger partial charge in [-0.3, -0.25) is 0 Å². The predicted molar refractivity (Wildman–Crippen MR) is 55.4 cm³/mol. The summed E-state index contributed by atoms with van der Waals surface area (Å²) in [7, 11) is 0. The zero-order valence-corrected chi connectivity index (χ0v) is 8.46. The summed E-state index contributed by atoms with van der Waals surface area (Å²) in [5.41, 5.74) is 1.05. The molecular formula is C10H16OS. The van der Waals surface area contributed by atoms with Crippen molar-refractivity contribution in [2.45, 2.75) is 25.2 Å². The molecule has 0 fully saturated rings. The third kappa shape index (κ3) is 1.59. The van der Waals surface area contributed by atoms with E-state index in [4.69, 9.17) is 0 Å². The molecule has 4 atom stereocenters. The average molecular weight is 184 g/mol. The van der Waals surface area contributed by atoms with Gasteiger partial charge in [0, 0.05) is 5.25 Å². The van der Waals surface area contributed by atoms with E-state index < -0.39 is 0 Å². The van der Waals surface area contributed by atoms with Crippen molar-refractivity contribution in [3.8, 4) is 0 Å². The molecule has 0 aliphatic heterocycles. The summed E-state index contributed by atoms with van der Waals surface area (Å²) in [6.45, 7) is 7.86. The van der Waals surface area contributed by atoms with Crippen molar-refractivity contribution >= 4 is 12.6 Å². The molecule has 0 aromatic heterocycles. The van der Waals surface area contributed by atoms with Gasteiger partial charge in [-0.05, 0) is 17.4 Å². The smallest absolute Gasteiger partial charge is 0.0755 e. The first-order chi connectivity index (χ1) is 5.57. The Bertz CT molecular complexity index is 210. The van der Waals surface area contributed by atoms with Crippen molar-refractivity contribution in [2.75, 3.05) is 0 Å². The van der Waals surface area contributed by atoms with Crippen molar-refractivity contribution < 1.29 is 5.11 Å². The Labute approximate surface area is 79.6 Å². The lowest BCUT2D eigenvalue weighted by molar-refractivity contribution is 0.121. The van der Waals surface area contributed by atoms with Gasteiger partial charge >= 0.3 is 0 Å². The van der Waals surface area contributed by atoms with E-state index in [2.05, 4.69) is 33.1 Å². The molecule has 0 aromatic rings. The molecule has 68 valence electrons. The second kappa shape index (κ2) is 3.67. The second-order valence-electron chi connectivity index (χ2n) is 3.52. The molecule has 12 heavy (non-hydrogen) atoms. The summed E-state index contributed by atoms with van der Waals surface area (Å²) in [4.78, 5) is 0. The van der Waals surface area contributed by atoms with Gasteiger partial charge in [-0.2, -0.15) is 12.6 Å². The first-order valence-corrected chi connectivity index (χ1v) is 4.80.